The number of nitrogens with one attached hydrogen (secondary N) is 1. The summed E-state index contributed by atoms with van der Waals surface area (Å²) in [6.07, 6.45) is 0. The maximum absolute atomic E-state index is 12.4. The van der Waals surface area contributed by atoms with Gasteiger partial charge >= 0.3 is 0 Å². The molecule has 0 fully saturated rings. The molecule has 33 heavy (non-hydrogen) atoms. The number of benzene rings is 1. The highest BCUT2D eigenvalue weighted by Gasteiger charge is 2.20. The van der Waals surface area contributed by atoms with Gasteiger partial charge in [-0.25, -0.2) is 9.97 Å². The molecule has 0 saturated heterocycles. The lowest BCUT2D eigenvalue weighted by molar-refractivity contribution is 0.0960. The molecule has 176 valence electrons. The van der Waals surface area contributed by atoms with E-state index < -0.39 is 0 Å². The van der Waals surface area contributed by atoms with Gasteiger partial charge in [0.1, 0.15) is 28.6 Å². The second-order valence-electron chi connectivity index (χ2n) is 7.15. The molecule has 2 heterocycles. The lowest BCUT2D eigenvalue weighted by Crippen LogP contribution is -2.26. The zero-order chi connectivity index (χ0) is 23.8. The largest absolute Gasteiger partial charge is 0.497 e. The van der Waals surface area contributed by atoms with Crippen molar-refractivity contribution < 1.29 is 14.4 Å². The second kappa shape index (κ2) is 11.6. The number of nitrogen functional groups attached to an aromatic ring is 1. The number of rotatable bonds is 11. The van der Waals surface area contributed by atoms with Crippen LogP contribution in [0.2, 0.25) is 0 Å². The summed E-state index contributed by atoms with van der Waals surface area (Å²) in [6, 6.07) is 9.22. The summed E-state index contributed by atoms with van der Waals surface area (Å²) in [5, 5.41) is 7.95. The van der Waals surface area contributed by atoms with Crippen LogP contribution in [0.5, 0.6) is 5.75 Å². The van der Waals surface area contributed by atoms with E-state index in [0.29, 0.717) is 39.7 Å². The topological polar surface area (TPSA) is 115 Å². The van der Waals surface area contributed by atoms with Crippen LogP contribution >= 0.6 is 11.3 Å². The fraction of sp³-hybridized carbons (Fsp3) is 0.391. The fourth-order valence-electron chi connectivity index (χ4n) is 3.28. The molecule has 9 nitrogen and oxygen atoms in total. The first-order valence-electron chi connectivity index (χ1n) is 10.9. The Bertz CT molecular complexity index is 1110. The van der Waals surface area contributed by atoms with E-state index in [1.54, 1.807) is 13.2 Å². The number of likely N-dealkylation sites (N-methyl/N-ethyl adjacent to an activating group) is 1. The SMILES string of the molecule is CCNC(=O)c1cc2c(C(=NOCCN(CC)CC)c3ccc(OC)cc3)nc(N)nc2s1. The number of nitrogens with two attached hydrogens (primary N) is 1. The quantitative estimate of drug-likeness (QED) is 0.251. The van der Waals surface area contributed by atoms with Crippen LogP contribution < -0.4 is 15.8 Å². The Morgan fingerprint density at radius 1 is 1.18 bits per heavy atom. The average molecular weight is 471 g/mol. The maximum atomic E-state index is 12.4. The molecule has 3 N–H and O–H groups in total. The third kappa shape index (κ3) is 5.96. The van der Waals surface area contributed by atoms with Crippen LogP contribution in [0.25, 0.3) is 10.2 Å². The Kier molecular flexibility index (Phi) is 8.56. The van der Waals surface area contributed by atoms with Crippen molar-refractivity contribution in [3.05, 3.63) is 46.5 Å². The van der Waals surface area contributed by atoms with Gasteiger partial charge < -0.3 is 25.5 Å². The summed E-state index contributed by atoms with van der Waals surface area (Å²) < 4.78 is 5.28. The molecule has 0 bridgehead atoms. The van der Waals surface area contributed by atoms with Crippen molar-refractivity contribution in [2.75, 3.05) is 45.6 Å². The summed E-state index contributed by atoms with van der Waals surface area (Å²) in [6.45, 7) is 9.69. The van der Waals surface area contributed by atoms with Gasteiger partial charge in [0.2, 0.25) is 5.95 Å². The Morgan fingerprint density at radius 2 is 1.91 bits per heavy atom. The number of hydrogen-bond donors (Lipinski definition) is 2. The van der Waals surface area contributed by atoms with E-state index in [4.69, 9.17) is 15.3 Å². The smallest absolute Gasteiger partial charge is 0.261 e. The Balaban J connectivity index is 2.04. The second-order valence-corrected chi connectivity index (χ2v) is 8.18. The zero-order valence-corrected chi connectivity index (χ0v) is 20.2. The Labute approximate surface area is 197 Å². The van der Waals surface area contributed by atoms with Crippen molar-refractivity contribution in [2.24, 2.45) is 5.16 Å². The summed E-state index contributed by atoms with van der Waals surface area (Å²) in [4.78, 5) is 30.3. The molecular formula is C23H30N6O3S. The van der Waals surface area contributed by atoms with E-state index in [9.17, 15) is 4.79 Å². The van der Waals surface area contributed by atoms with Crippen LogP contribution in [-0.4, -0.2) is 66.4 Å². The highest BCUT2D eigenvalue weighted by atomic mass is 32.1. The molecule has 2 aromatic heterocycles. The van der Waals surface area contributed by atoms with Gasteiger partial charge in [0.15, 0.2) is 0 Å². The number of aromatic nitrogens is 2. The predicted octanol–water partition coefficient (Wildman–Crippen LogP) is 3.14. The molecule has 3 aromatic rings. The molecular weight excluding hydrogens is 440 g/mol. The summed E-state index contributed by atoms with van der Waals surface area (Å²) in [5.74, 6) is 0.663. The Hall–Kier alpha value is -3.24. The highest BCUT2D eigenvalue weighted by Crippen LogP contribution is 2.29. The number of anilines is 1. The van der Waals surface area contributed by atoms with Crippen molar-refractivity contribution in [3.63, 3.8) is 0 Å². The molecule has 0 aliphatic carbocycles. The third-order valence-electron chi connectivity index (χ3n) is 5.11. The van der Waals surface area contributed by atoms with Gasteiger partial charge in [0.05, 0.1) is 12.0 Å². The lowest BCUT2D eigenvalue weighted by Gasteiger charge is -2.16. The van der Waals surface area contributed by atoms with E-state index in [1.807, 2.05) is 31.2 Å². The fourth-order valence-corrected chi connectivity index (χ4v) is 4.23. The number of oxime groups is 1. The van der Waals surface area contributed by atoms with E-state index >= 15 is 0 Å². The van der Waals surface area contributed by atoms with E-state index in [-0.39, 0.29) is 11.9 Å². The molecule has 0 spiro atoms. The maximum Gasteiger partial charge on any atom is 0.261 e. The van der Waals surface area contributed by atoms with Crippen LogP contribution in [0.1, 0.15) is 41.7 Å². The number of nitrogens with zero attached hydrogens (tertiary/aromatic N) is 4. The van der Waals surface area contributed by atoms with Crippen molar-refractivity contribution in [2.45, 2.75) is 20.8 Å². The predicted molar refractivity (Wildman–Crippen MR) is 132 cm³/mol. The van der Waals surface area contributed by atoms with Crippen molar-refractivity contribution >= 4 is 39.1 Å². The van der Waals surface area contributed by atoms with Gasteiger partial charge in [-0.3, -0.25) is 4.79 Å². The zero-order valence-electron chi connectivity index (χ0n) is 19.4. The van der Waals surface area contributed by atoms with Crippen LogP contribution in [-0.2, 0) is 4.84 Å². The van der Waals surface area contributed by atoms with Gasteiger partial charge in [-0.2, -0.15) is 0 Å². The van der Waals surface area contributed by atoms with Crippen molar-refractivity contribution in [3.8, 4) is 5.75 Å². The standard InChI is InChI=1S/C23H30N6O3S/c1-5-25-21(30)18-14-17-20(26-23(24)27-22(17)33-18)19(15-8-10-16(31-4)11-9-15)28-32-13-12-29(6-2)7-3/h8-11,14H,5-7,12-13H2,1-4H3,(H,25,30)(H2,24,26,27). The van der Waals surface area contributed by atoms with Crippen LogP contribution in [0, 0.1) is 0 Å². The minimum Gasteiger partial charge on any atom is -0.497 e. The van der Waals surface area contributed by atoms with Crippen LogP contribution in [0.4, 0.5) is 5.95 Å². The van der Waals surface area contributed by atoms with Crippen LogP contribution in [0.3, 0.4) is 0 Å². The Morgan fingerprint density at radius 3 is 2.55 bits per heavy atom. The summed E-state index contributed by atoms with van der Waals surface area (Å²) in [5.41, 5.74) is 7.83. The first-order valence-corrected chi connectivity index (χ1v) is 11.7. The molecule has 10 heteroatoms. The number of carbonyl (C=O) groups excluding carboxylic acids is 1. The van der Waals surface area contributed by atoms with E-state index in [1.165, 1.54) is 11.3 Å². The minimum atomic E-state index is -0.163. The van der Waals surface area contributed by atoms with E-state index in [2.05, 4.69) is 39.2 Å². The van der Waals surface area contributed by atoms with Crippen LogP contribution in [0.15, 0.2) is 35.5 Å². The molecule has 3 rings (SSSR count). The normalized spacial score (nSPS) is 11.7. The molecule has 0 radical (unpaired) electrons. The van der Waals surface area contributed by atoms with Gasteiger partial charge in [0.25, 0.3) is 5.91 Å². The number of thiophene rings is 1. The molecule has 0 saturated carbocycles. The highest BCUT2D eigenvalue weighted by molar-refractivity contribution is 7.20. The van der Waals surface area contributed by atoms with Gasteiger partial charge in [-0.15, -0.1) is 11.3 Å². The average Bonchev–Trinajstić information content (AvgIpc) is 3.26. The molecule has 1 aromatic carbocycles. The summed E-state index contributed by atoms with van der Waals surface area (Å²) in [7, 11) is 1.61. The molecule has 1 amide bonds. The van der Waals surface area contributed by atoms with Gasteiger partial charge in [-0.1, -0.05) is 19.0 Å². The molecule has 0 unspecified atom stereocenters. The monoisotopic (exact) mass is 470 g/mol. The van der Waals surface area contributed by atoms with Crippen molar-refractivity contribution in [1.29, 1.82) is 0 Å². The first kappa shape index (κ1) is 24.4. The number of carbonyl (C=O) groups is 1. The van der Waals surface area contributed by atoms with Gasteiger partial charge in [-0.05, 0) is 50.3 Å². The number of ether oxygens (including phenoxy) is 1. The number of methoxy groups -OCH3 is 1. The van der Waals surface area contributed by atoms with Crippen molar-refractivity contribution in [1.82, 2.24) is 20.2 Å². The lowest BCUT2D eigenvalue weighted by atomic mass is 10.0. The molecule has 0 aliphatic heterocycles. The third-order valence-corrected chi connectivity index (χ3v) is 6.14. The first-order chi connectivity index (χ1) is 16.0. The number of fused-ring (bicyclic) bond motifs is 1. The molecule has 0 aliphatic rings. The summed E-state index contributed by atoms with van der Waals surface area (Å²) >= 11 is 1.26. The number of amides is 1. The molecule has 0 atom stereocenters. The minimum absolute atomic E-state index is 0.103. The van der Waals surface area contributed by atoms with Gasteiger partial charge in [0, 0.05) is 24.0 Å². The number of hydrogen-bond acceptors (Lipinski definition) is 9. The van der Waals surface area contributed by atoms with E-state index in [0.717, 1.165) is 30.9 Å².